The lowest BCUT2D eigenvalue weighted by Crippen LogP contribution is -2.02. The topological polar surface area (TPSA) is 48.0 Å². The second-order valence-corrected chi connectivity index (χ2v) is 4.98. The Bertz CT molecular complexity index is 1030. The van der Waals surface area contributed by atoms with Gasteiger partial charge in [0.05, 0.1) is 11.2 Å². The standard InChI is InChI=1S/C17H12N2O2/c1-11-6-2-4-8-13(11)19-10-18-15-16(19)12-7-3-5-9-14(12)21-17(15)20/h2-10H,1H3. The lowest BCUT2D eigenvalue weighted by Gasteiger charge is -2.08. The summed E-state index contributed by atoms with van der Waals surface area (Å²) >= 11 is 0. The molecule has 0 N–H and O–H groups in total. The van der Waals surface area contributed by atoms with E-state index in [2.05, 4.69) is 4.98 Å². The van der Waals surface area contributed by atoms with Crippen molar-refractivity contribution >= 4 is 22.0 Å². The number of nitrogens with zero attached hydrogens (tertiary/aromatic N) is 2. The van der Waals surface area contributed by atoms with Gasteiger partial charge in [0, 0.05) is 5.39 Å². The van der Waals surface area contributed by atoms with E-state index in [4.69, 9.17) is 4.42 Å². The maximum absolute atomic E-state index is 12.1. The van der Waals surface area contributed by atoms with Crippen LogP contribution in [0.3, 0.4) is 0 Å². The minimum atomic E-state index is -0.406. The Labute approximate surface area is 120 Å². The summed E-state index contributed by atoms with van der Waals surface area (Å²) in [6.45, 7) is 2.04. The molecular weight excluding hydrogens is 264 g/mol. The van der Waals surface area contributed by atoms with Gasteiger partial charge in [0.15, 0.2) is 5.52 Å². The Morgan fingerprint density at radius 1 is 1.05 bits per heavy atom. The van der Waals surface area contributed by atoms with E-state index in [0.717, 1.165) is 22.2 Å². The SMILES string of the molecule is Cc1ccccc1-n1cnc2c(=O)oc3ccccc3c21. The number of benzene rings is 2. The molecule has 4 heteroatoms. The van der Waals surface area contributed by atoms with Crippen LogP contribution in [0.25, 0.3) is 27.7 Å². The number of rotatable bonds is 1. The van der Waals surface area contributed by atoms with Crippen LogP contribution in [0.2, 0.25) is 0 Å². The van der Waals surface area contributed by atoms with Gasteiger partial charge >= 0.3 is 5.63 Å². The van der Waals surface area contributed by atoms with Crippen LogP contribution >= 0.6 is 0 Å². The van der Waals surface area contributed by atoms with E-state index in [-0.39, 0.29) is 0 Å². The monoisotopic (exact) mass is 276 g/mol. The van der Waals surface area contributed by atoms with E-state index in [1.54, 1.807) is 12.4 Å². The van der Waals surface area contributed by atoms with Gasteiger partial charge in [0.2, 0.25) is 0 Å². The van der Waals surface area contributed by atoms with Crippen molar-refractivity contribution in [1.29, 1.82) is 0 Å². The molecule has 2 aromatic heterocycles. The molecule has 21 heavy (non-hydrogen) atoms. The van der Waals surface area contributed by atoms with E-state index in [1.807, 2.05) is 54.0 Å². The molecule has 0 aliphatic carbocycles. The van der Waals surface area contributed by atoms with Crippen LogP contribution in [0.15, 0.2) is 64.1 Å². The van der Waals surface area contributed by atoms with Gasteiger partial charge in [0.1, 0.15) is 11.9 Å². The molecule has 0 saturated carbocycles. The van der Waals surface area contributed by atoms with Gasteiger partial charge in [-0.25, -0.2) is 9.78 Å². The van der Waals surface area contributed by atoms with Gasteiger partial charge in [-0.1, -0.05) is 30.3 Å². The van der Waals surface area contributed by atoms with Crippen LogP contribution in [0.4, 0.5) is 0 Å². The zero-order chi connectivity index (χ0) is 14.4. The first kappa shape index (κ1) is 11.9. The smallest absolute Gasteiger partial charge is 0.364 e. The summed E-state index contributed by atoms with van der Waals surface area (Å²) in [5.41, 5.74) is 3.44. The van der Waals surface area contributed by atoms with Crippen LogP contribution < -0.4 is 5.63 Å². The van der Waals surface area contributed by atoms with Crippen LogP contribution in [0, 0.1) is 6.92 Å². The fourth-order valence-corrected chi connectivity index (χ4v) is 2.67. The predicted octanol–water partition coefficient (Wildman–Crippen LogP) is 3.44. The van der Waals surface area contributed by atoms with E-state index in [9.17, 15) is 4.79 Å². The molecule has 2 heterocycles. The number of aryl methyl sites for hydroxylation is 1. The maximum atomic E-state index is 12.1. The zero-order valence-electron chi connectivity index (χ0n) is 11.4. The molecule has 0 unspecified atom stereocenters. The fourth-order valence-electron chi connectivity index (χ4n) is 2.67. The van der Waals surface area contributed by atoms with Crippen LogP contribution in [0.1, 0.15) is 5.56 Å². The van der Waals surface area contributed by atoms with Crippen molar-refractivity contribution in [3.63, 3.8) is 0 Å². The molecule has 0 saturated heterocycles. The third kappa shape index (κ3) is 1.69. The largest absolute Gasteiger partial charge is 0.421 e. The van der Waals surface area contributed by atoms with Gasteiger partial charge in [-0.05, 0) is 30.7 Å². The fraction of sp³-hybridized carbons (Fsp3) is 0.0588. The highest BCUT2D eigenvalue weighted by Crippen LogP contribution is 2.25. The maximum Gasteiger partial charge on any atom is 0.364 e. The number of hydrogen-bond acceptors (Lipinski definition) is 3. The van der Waals surface area contributed by atoms with E-state index >= 15 is 0 Å². The van der Waals surface area contributed by atoms with E-state index in [0.29, 0.717) is 11.1 Å². The Hall–Kier alpha value is -2.88. The molecule has 2 aromatic carbocycles. The Morgan fingerprint density at radius 2 is 1.81 bits per heavy atom. The summed E-state index contributed by atoms with van der Waals surface area (Å²) in [4.78, 5) is 16.3. The van der Waals surface area contributed by atoms with E-state index in [1.165, 1.54) is 0 Å². The normalized spacial score (nSPS) is 11.3. The van der Waals surface area contributed by atoms with Gasteiger partial charge in [-0.15, -0.1) is 0 Å². The molecule has 102 valence electrons. The average molecular weight is 276 g/mol. The lowest BCUT2D eigenvalue weighted by molar-refractivity contribution is 0.568. The molecule has 0 spiro atoms. The van der Waals surface area contributed by atoms with Crippen molar-refractivity contribution in [3.05, 3.63) is 70.8 Å². The highest BCUT2D eigenvalue weighted by Gasteiger charge is 2.14. The van der Waals surface area contributed by atoms with E-state index < -0.39 is 5.63 Å². The number of aromatic nitrogens is 2. The highest BCUT2D eigenvalue weighted by molar-refractivity contribution is 6.01. The molecule has 4 rings (SSSR count). The number of para-hydroxylation sites is 2. The molecule has 0 bridgehead atoms. The Kier molecular flexibility index (Phi) is 2.44. The summed E-state index contributed by atoms with van der Waals surface area (Å²) in [6, 6.07) is 15.5. The second-order valence-electron chi connectivity index (χ2n) is 4.98. The molecule has 0 aliphatic heterocycles. The van der Waals surface area contributed by atoms with Crippen molar-refractivity contribution in [1.82, 2.24) is 9.55 Å². The van der Waals surface area contributed by atoms with Crippen molar-refractivity contribution in [2.75, 3.05) is 0 Å². The summed E-state index contributed by atoms with van der Waals surface area (Å²) < 4.78 is 7.27. The van der Waals surface area contributed by atoms with Gasteiger partial charge < -0.3 is 4.42 Å². The Morgan fingerprint density at radius 3 is 2.67 bits per heavy atom. The van der Waals surface area contributed by atoms with Crippen LogP contribution in [0.5, 0.6) is 0 Å². The molecule has 0 radical (unpaired) electrons. The zero-order valence-corrected chi connectivity index (χ0v) is 11.4. The lowest BCUT2D eigenvalue weighted by atomic mass is 10.1. The third-order valence-electron chi connectivity index (χ3n) is 3.68. The summed E-state index contributed by atoms with van der Waals surface area (Å²) in [5, 5.41) is 0.882. The Balaban J connectivity index is 2.22. The van der Waals surface area contributed by atoms with Crippen LogP contribution in [-0.2, 0) is 0 Å². The first-order valence-electron chi connectivity index (χ1n) is 6.70. The summed E-state index contributed by atoms with van der Waals surface area (Å²) in [6.07, 6.45) is 1.68. The first-order chi connectivity index (χ1) is 10.3. The third-order valence-corrected chi connectivity index (χ3v) is 3.68. The number of hydrogen-bond donors (Lipinski definition) is 0. The molecule has 4 aromatic rings. The van der Waals surface area contributed by atoms with Gasteiger partial charge in [0.25, 0.3) is 0 Å². The van der Waals surface area contributed by atoms with Gasteiger partial charge in [-0.2, -0.15) is 0 Å². The molecule has 4 nitrogen and oxygen atoms in total. The summed E-state index contributed by atoms with van der Waals surface area (Å²) in [5.74, 6) is 0. The molecule has 0 atom stereocenters. The molecule has 0 aliphatic rings. The predicted molar refractivity (Wildman–Crippen MR) is 81.8 cm³/mol. The minimum Gasteiger partial charge on any atom is -0.421 e. The van der Waals surface area contributed by atoms with Crippen molar-refractivity contribution in [2.24, 2.45) is 0 Å². The number of imidazole rings is 1. The van der Waals surface area contributed by atoms with Crippen molar-refractivity contribution in [2.45, 2.75) is 6.92 Å². The molecular formula is C17H12N2O2. The average Bonchev–Trinajstić information content (AvgIpc) is 2.93. The number of fused-ring (bicyclic) bond motifs is 3. The first-order valence-corrected chi connectivity index (χ1v) is 6.70. The second kappa shape index (κ2) is 4.31. The quantitative estimate of drug-likeness (QED) is 0.500. The van der Waals surface area contributed by atoms with Crippen molar-refractivity contribution < 1.29 is 4.42 Å². The van der Waals surface area contributed by atoms with Gasteiger partial charge in [-0.3, -0.25) is 4.57 Å². The van der Waals surface area contributed by atoms with Crippen molar-refractivity contribution in [3.8, 4) is 5.69 Å². The van der Waals surface area contributed by atoms with Crippen LogP contribution in [-0.4, -0.2) is 9.55 Å². The molecule has 0 amide bonds. The molecule has 0 fully saturated rings. The minimum absolute atomic E-state index is 0.358. The summed E-state index contributed by atoms with van der Waals surface area (Å²) in [7, 11) is 0. The highest BCUT2D eigenvalue weighted by atomic mass is 16.4.